The van der Waals surface area contributed by atoms with Crippen LogP contribution in [0.4, 0.5) is 0 Å². The van der Waals surface area contributed by atoms with Crippen LogP contribution in [0.1, 0.15) is 25.8 Å². The molecule has 176 valence electrons. The monoisotopic (exact) mass is 464 g/mol. The second-order valence-electron chi connectivity index (χ2n) is 7.40. The van der Waals surface area contributed by atoms with Crippen molar-refractivity contribution in [3.63, 3.8) is 0 Å². The van der Waals surface area contributed by atoms with Gasteiger partial charge in [-0.05, 0) is 38.0 Å². The van der Waals surface area contributed by atoms with Crippen LogP contribution in [0.3, 0.4) is 0 Å². The lowest BCUT2D eigenvalue weighted by molar-refractivity contribution is -0.121. The quantitative estimate of drug-likeness (QED) is 0.458. The highest BCUT2D eigenvalue weighted by Gasteiger charge is 2.28. The Hall–Kier alpha value is -2.62. The van der Waals surface area contributed by atoms with Crippen LogP contribution in [0.2, 0.25) is 0 Å². The number of rotatable bonds is 13. The topological polar surface area (TPSA) is 94.2 Å². The summed E-state index contributed by atoms with van der Waals surface area (Å²) in [5, 5.41) is 2.77. The Kier molecular flexibility index (Phi) is 9.96. The molecule has 2 aromatic rings. The second kappa shape index (κ2) is 12.4. The predicted molar refractivity (Wildman–Crippen MR) is 122 cm³/mol. The van der Waals surface area contributed by atoms with Crippen molar-refractivity contribution >= 4 is 15.9 Å². The van der Waals surface area contributed by atoms with E-state index in [9.17, 15) is 13.2 Å². The van der Waals surface area contributed by atoms with Gasteiger partial charge in [0.15, 0.2) is 11.5 Å². The molecule has 0 spiro atoms. The minimum atomic E-state index is -3.99. The lowest BCUT2D eigenvalue weighted by Crippen LogP contribution is -2.40. The molecule has 8 nitrogen and oxygen atoms in total. The first-order valence-corrected chi connectivity index (χ1v) is 11.9. The summed E-state index contributed by atoms with van der Waals surface area (Å²) in [6, 6.07) is 13.5. The first-order chi connectivity index (χ1) is 15.3. The van der Waals surface area contributed by atoms with Crippen LogP contribution in [-0.4, -0.2) is 58.7 Å². The van der Waals surface area contributed by atoms with E-state index >= 15 is 0 Å². The molecule has 0 unspecified atom stereocenters. The molecule has 9 heteroatoms. The highest BCUT2D eigenvalue weighted by molar-refractivity contribution is 7.89. The van der Waals surface area contributed by atoms with Gasteiger partial charge in [0.25, 0.3) is 0 Å². The highest BCUT2D eigenvalue weighted by atomic mass is 32.2. The van der Waals surface area contributed by atoms with Gasteiger partial charge in [-0.15, -0.1) is 0 Å². The number of methoxy groups -OCH3 is 2. The van der Waals surface area contributed by atoms with Gasteiger partial charge in [0.2, 0.25) is 15.9 Å². The molecule has 0 aliphatic rings. The van der Waals surface area contributed by atoms with Crippen LogP contribution in [0, 0.1) is 0 Å². The Morgan fingerprint density at radius 3 is 2.34 bits per heavy atom. The van der Waals surface area contributed by atoms with Crippen LogP contribution < -0.4 is 14.8 Å². The maximum absolute atomic E-state index is 13.4. The second-order valence-corrected chi connectivity index (χ2v) is 9.34. The maximum atomic E-state index is 13.4. The average Bonchev–Trinajstić information content (AvgIpc) is 2.78. The van der Waals surface area contributed by atoms with Gasteiger partial charge in [-0.25, -0.2) is 8.42 Å². The van der Waals surface area contributed by atoms with Crippen molar-refractivity contribution in [2.45, 2.75) is 37.8 Å². The molecule has 1 amide bonds. The third-order valence-corrected chi connectivity index (χ3v) is 6.40. The maximum Gasteiger partial charge on any atom is 0.243 e. The molecule has 0 saturated heterocycles. The van der Waals surface area contributed by atoms with Gasteiger partial charge in [-0.1, -0.05) is 30.3 Å². The summed E-state index contributed by atoms with van der Waals surface area (Å²) in [6.45, 7) is 4.56. The number of benzene rings is 2. The molecule has 2 rings (SSSR count). The molecule has 0 bridgehead atoms. The van der Waals surface area contributed by atoms with Gasteiger partial charge in [0.05, 0.1) is 31.8 Å². The summed E-state index contributed by atoms with van der Waals surface area (Å²) >= 11 is 0. The van der Waals surface area contributed by atoms with Gasteiger partial charge in [-0.2, -0.15) is 4.31 Å². The number of carbonyl (C=O) groups is 1. The van der Waals surface area contributed by atoms with E-state index in [1.54, 1.807) is 0 Å². The van der Waals surface area contributed by atoms with Crippen molar-refractivity contribution in [1.82, 2.24) is 9.62 Å². The largest absolute Gasteiger partial charge is 0.493 e. The fraction of sp³-hybridized carbons (Fsp3) is 0.435. The lowest BCUT2D eigenvalue weighted by Gasteiger charge is -2.22. The Labute approximate surface area is 190 Å². The molecule has 0 atom stereocenters. The average molecular weight is 465 g/mol. The summed E-state index contributed by atoms with van der Waals surface area (Å²) in [6.07, 6.45) is 0.768. The van der Waals surface area contributed by atoms with Gasteiger partial charge in [-0.3, -0.25) is 4.79 Å². The van der Waals surface area contributed by atoms with Crippen LogP contribution in [-0.2, 0) is 26.1 Å². The third kappa shape index (κ3) is 7.51. The molecule has 0 saturated carbocycles. The summed E-state index contributed by atoms with van der Waals surface area (Å²) in [5.41, 5.74) is 0.773. The predicted octanol–water partition coefficient (Wildman–Crippen LogP) is 2.83. The van der Waals surface area contributed by atoms with Crippen LogP contribution in [0.5, 0.6) is 11.5 Å². The van der Waals surface area contributed by atoms with Crippen LogP contribution in [0.15, 0.2) is 53.4 Å². The molecule has 32 heavy (non-hydrogen) atoms. The molecule has 0 aliphatic heterocycles. The van der Waals surface area contributed by atoms with Crippen LogP contribution in [0.25, 0.3) is 0 Å². The first-order valence-electron chi connectivity index (χ1n) is 10.4. The first kappa shape index (κ1) is 25.6. The Morgan fingerprint density at radius 2 is 1.72 bits per heavy atom. The number of nitrogens with one attached hydrogen (secondary N) is 1. The van der Waals surface area contributed by atoms with Gasteiger partial charge < -0.3 is 19.5 Å². The lowest BCUT2D eigenvalue weighted by atomic mass is 10.2. The van der Waals surface area contributed by atoms with Gasteiger partial charge >= 0.3 is 0 Å². The van der Waals surface area contributed by atoms with E-state index in [2.05, 4.69) is 5.32 Å². The number of nitrogens with zero attached hydrogens (tertiary/aromatic N) is 1. The smallest absolute Gasteiger partial charge is 0.243 e. The fourth-order valence-electron chi connectivity index (χ4n) is 2.97. The number of ether oxygens (including phenoxy) is 3. The summed E-state index contributed by atoms with van der Waals surface area (Å²) in [5.74, 6) is 0.333. The zero-order chi connectivity index (χ0) is 23.6. The third-order valence-electron chi connectivity index (χ3n) is 4.61. The molecule has 0 aliphatic carbocycles. The molecule has 0 radical (unpaired) electrons. The standard InChI is InChI=1S/C23H32N2O6S/c1-18(2)31-14-8-13-24-23(26)17-25(16-19-9-6-5-7-10-19)32(27,28)20-11-12-21(29-3)22(15-20)30-4/h5-7,9-12,15,18H,8,13-14,16-17H2,1-4H3,(H,24,26). The summed E-state index contributed by atoms with van der Waals surface area (Å²) in [7, 11) is -1.07. The molecular formula is C23H32N2O6S. The molecular weight excluding hydrogens is 432 g/mol. The normalized spacial score (nSPS) is 11.6. The molecule has 0 aromatic heterocycles. The fourth-order valence-corrected chi connectivity index (χ4v) is 4.37. The van der Waals surface area contributed by atoms with E-state index in [0.717, 1.165) is 9.87 Å². The number of amides is 1. The zero-order valence-corrected chi connectivity index (χ0v) is 19.9. The number of hydrogen-bond acceptors (Lipinski definition) is 6. The molecule has 1 N–H and O–H groups in total. The van der Waals surface area contributed by atoms with Crippen molar-refractivity contribution < 1.29 is 27.4 Å². The Bertz CT molecular complexity index is 964. The van der Waals surface area contributed by atoms with Gasteiger partial charge in [0.1, 0.15) is 0 Å². The highest BCUT2D eigenvalue weighted by Crippen LogP contribution is 2.31. The summed E-state index contributed by atoms with van der Waals surface area (Å²) in [4.78, 5) is 12.6. The Balaban J connectivity index is 2.19. The van der Waals surface area contributed by atoms with E-state index in [4.69, 9.17) is 14.2 Å². The van der Waals surface area contributed by atoms with E-state index in [0.29, 0.717) is 31.1 Å². The number of hydrogen-bond donors (Lipinski definition) is 1. The Morgan fingerprint density at radius 1 is 1.03 bits per heavy atom. The van der Waals surface area contributed by atoms with Gasteiger partial charge in [0, 0.05) is 25.8 Å². The van der Waals surface area contributed by atoms with Crippen molar-refractivity contribution in [1.29, 1.82) is 0 Å². The van der Waals surface area contributed by atoms with E-state index in [-0.39, 0.29) is 30.0 Å². The minimum Gasteiger partial charge on any atom is -0.493 e. The summed E-state index contributed by atoms with van der Waals surface area (Å²) < 4.78 is 43.9. The van der Waals surface area contributed by atoms with E-state index in [1.165, 1.54) is 32.4 Å². The molecule has 0 heterocycles. The van der Waals surface area contributed by atoms with E-state index < -0.39 is 10.0 Å². The van der Waals surface area contributed by atoms with Crippen molar-refractivity contribution in [2.24, 2.45) is 0 Å². The number of carbonyl (C=O) groups excluding carboxylic acids is 1. The van der Waals surface area contributed by atoms with Crippen molar-refractivity contribution in [3.05, 3.63) is 54.1 Å². The SMILES string of the molecule is COc1ccc(S(=O)(=O)N(CC(=O)NCCCOC(C)C)Cc2ccccc2)cc1OC. The zero-order valence-electron chi connectivity index (χ0n) is 19.0. The van der Waals surface area contributed by atoms with Crippen LogP contribution >= 0.6 is 0 Å². The van der Waals surface area contributed by atoms with E-state index in [1.807, 2.05) is 44.2 Å². The molecule has 0 fully saturated rings. The molecule has 2 aromatic carbocycles. The van der Waals surface area contributed by atoms with Crippen molar-refractivity contribution in [3.8, 4) is 11.5 Å². The number of sulfonamides is 1. The van der Waals surface area contributed by atoms with Crippen molar-refractivity contribution in [2.75, 3.05) is 33.9 Å². The minimum absolute atomic E-state index is 0.0178.